The number of anilines is 2. The third-order valence-electron chi connectivity index (χ3n) is 5.08. The van der Waals surface area contributed by atoms with Crippen LogP contribution in [0.3, 0.4) is 0 Å². The minimum atomic E-state index is -0.409. The zero-order valence-corrected chi connectivity index (χ0v) is 17.4. The van der Waals surface area contributed by atoms with Crippen molar-refractivity contribution in [3.8, 4) is 5.75 Å². The van der Waals surface area contributed by atoms with Gasteiger partial charge in [-0.05, 0) is 31.5 Å². The van der Waals surface area contributed by atoms with Crippen LogP contribution in [0.4, 0.5) is 11.6 Å². The number of halogens is 1. The number of rotatable bonds is 4. The predicted octanol–water partition coefficient (Wildman–Crippen LogP) is 2.68. The van der Waals surface area contributed by atoms with Gasteiger partial charge in [0, 0.05) is 25.2 Å². The lowest BCUT2D eigenvalue weighted by molar-refractivity contribution is 0.414. The monoisotopic (exact) mass is 415 g/mol. The van der Waals surface area contributed by atoms with Crippen LogP contribution in [0.1, 0.15) is 13.3 Å². The lowest BCUT2D eigenvalue weighted by Gasteiger charge is -2.30. The lowest BCUT2D eigenvalue weighted by Crippen LogP contribution is -2.40. The van der Waals surface area contributed by atoms with Gasteiger partial charge in [0.2, 0.25) is 5.95 Å². The molecule has 9 heteroatoms. The molecule has 2 aromatic heterocycles. The highest BCUT2D eigenvalue weighted by atomic mass is 35.5. The van der Waals surface area contributed by atoms with Gasteiger partial charge >= 0.3 is 5.69 Å². The summed E-state index contributed by atoms with van der Waals surface area (Å²) < 4.78 is 10.00. The third kappa shape index (κ3) is 3.04. The average Bonchev–Trinajstić information content (AvgIpc) is 3.09. The summed E-state index contributed by atoms with van der Waals surface area (Å²) in [5, 5.41) is 0.574. The fourth-order valence-electron chi connectivity index (χ4n) is 3.78. The van der Waals surface area contributed by atoms with Crippen LogP contribution in [0.5, 0.6) is 5.75 Å². The molecule has 0 aliphatic carbocycles. The zero-order chi connectivity index (χ0) is 20.9. The Morgan fingerprint density at radius 3 is 2.76 bits per heavy atom. The van der Waals surface area contributed by atoms with E-state index in [-0.39, 0.29) is 12.1 Å². The molecule has 0 radical (unpaired) electrons. The van der Waals surface area contributed by atoms with Crippen molar-refractivity contribution < 1.29 is 4.74 Å². The topological polar surface area (TPSA) is 74.3 Å². The van der Waals surface area contributed by atoms with Gasteiger partial charge in [-0.15, -0.1) is 0 Å². The van der Waals surface area contributed by atoms with Crippen LogP contribution in [-0.2, 0) is 20.1 Å². The molecule has 0 spiro atoms. The van der Waals surface area contributed by atoms with Crippen LogP contribution in [0.15, 0.2) is 39.9 Å². The number of allylic oxidation sites excluding steroid dienone is 1. The van der Waals surface area contributed by atoms with E-state index in [1.807, 2.05) is 15.5 Å². The van der Waals surface area contributed by atoms with Crippen molar-refractivity contribution in [3.63, 3.8) is 0 Å². The summed E-state index contributed by atoms with van der Waals surface area (Å²) in [6.07, 6.45) is 0.802. The van der Waals surface area contributed by atoms with E-state index in [0.29, 0.717) is 41.0 Å². The number of imidazole rings is 1. The molecule has 0 N–H and O–H groups in total. The number of nitrogens with zero attached hydrogens (tertiary/aromatic N) is 5. The highest BCUT2D eigenvalue weighted by Gasteiger charge is 2.28. The maximum absolute atomic E-state index is 13.2. The molecule has 0 saturated carbocycles. The second-order valence-electron chi connectivity index (χ2n) is 7.25. The largest absolute Gasteiger partial charge is 0.495 e. The quantitative estimate of drug-likeness (QED) is 0.612. The summed E-state index contributed by atoms with van der Waals surface area (Å²) in [4.78, 5) is 32.6. The van der Waals surface area contributed by atoms with Crippen LogP contribution in [0.2, 0.25) is 5.02 Å². The molecule has 1 aromatic carbocycles. The molecular weight excluding hydrogens is 394 g/mol. The van der Waals surface area contributed by atoms with Crippen molar-refractivity contribution in [2.45, 2.75) is 26.4 Å². The van der Waals surface area contributed by atoms with E-state index in [2.05, 4.69) is 11.6 Å². The van der Waals surface area contributed by atoms with E-state index in [9.17, 15) is 9.59 Å². The Hall–Kier alpha value is -3.00. The van der Waals surface area contributed by atoms with Crippen molar-refractivity contribution in [1.29, 1.82) is 0 Å². The van der Waals surface area contributed by atoms with Crippen LogP contribution in [0.25, 0.3) is 11.2 Å². The molecule has 0 amide bonds. The van der Waals surface area contributed by atoms with Crippen molar-refractivity contribution in [1.82, 2.24) is 18.7 Å². The van der Waals surface area contributed by atoms with Crippen LogP contribution in [0, 0.1) is 0 Å². The van der Waals surface area contributed by atoms with E-state index in [1.54, 1.807) is 33.2 Å². The van der Waals surface area contributed by atoms with E-state index in [1.165, 1.54) is 9.13 Å². The van der Waals surface area contributed by atoms with E-state index in [4.69, 9.17) is 16.3 Å². The third-order valence-corrected chi connectivity index (χ3v) is 5.31. The molecule has 4 rings (SSSR count). The minimum absolute atomic E-state index is 0.174. The Morgan fingerprint density at radius 1 is 1.31 bits per heavy atom. The van der Waals surface area contributed by atoms with Crippen LogP contribution in [-0.4, -0.2) is 32.3 Å². The van der Waals surface area contributed by atoms with Gasteiger partial charge in [0.25, 0.3) is 5.56 Å². The summed E-state index contributed by atoms with van der Waals surface area (Å²) in [6.45, 7) is 7.11. The minimum Gasteiger partial charge on any atom is -0.495 e. The van der Waals surface area contributed by atoms with Gasteiger partial charge < -0.3 is 14.2 Å². The number of aryl methyl sites for hydroxylation is 2. The van der Waals surface area contributed by atoms with Crippen LogP contribution < -0.4 is 20.9 Å². The van der Waals surface area contributed by atoms with Gasteiger partial charge in [-0.1, -0.05) is 23.8 Å². The van der Waals surface area contributed by atoms with Crippen molar-refractivity contribution >= 4 is 34.4 Å². The number of methoxy groups -OCH3 is 1. The molecular formula is C20H22ClN5O3. The molecule has 0 bridgehead atoms. The highest BCUT2D eigenvalue weighted by Crippen LogP contribution is 2.38. The van der Waals surface area contributed by atoms with Crippen molar-refractivity contribution in [2.75, 3.05) is 18.6 Å². The van der Waals surface area contributed by atoms with Crippen molar-refractivity contribution in [2.24, 2.45) is 7.05 Å². The Bertz CT molecular complexity index is 1250. The summed E-state index contributed by atoms with van der Waals surface area (Å²) >= 11 is 6.22. The van der Waals surface area contributed by atoms with Crippen molar-refractivity contribution in [3.05, 3.63) is 56.2 Å². The Kier molecular flexibility index (Phi) is 4.74. The number of hydrogen-bond donors (Lipinski definition) is 0. The summed E-state index contributed by atoms with van der Waals surface area (Å²) in [6, 6.07) is 5.37. The van der Waals surface area contributed by atoms with Gasteiger partial charge in [0.1, 0.15) is 5.75 Å². The fourth-order valence-corrected chi connectivity index (χ4v) is 3.94. The molecule has 0 unspecified atom stereocenters. The molecule has 0 saturated heterocycles. The van der Waals surface area contributed by atoms with Gasteiger partial charge in [-0.2, -0.15) is 4.98 Å². The molecule has 0 atom stereocenters. The summed E-state index contributed by atoms with van der Waals surface area (Å²) in [7, 11) is 3.22. The Labute approximate surface area is 172 Å². The fraction of sp³-hybridized carbons (Fsp3) is 0.350. The predicted molar refractivity (Wildman–Crippen MR) is 114 cm³/mol. The maximum Gasteiger partial charge on any atom is 0.332 e. The second-order valence-corrected chi connectivity index (χ2v) is 7.68. The molecule has 8 nitrogen and oxygen atoms in total. The Balaban J connectivity index is 2.00. The van der Waals surface area contributed by atoms with Gasteiger partial charge in [-0.3, -0.25) is 13.9 Å². The van der Waals surface area contributed by atoms with Crippen LogP contribution >= 0.6 is 11.6 Å². The lowest BCUT2D eigenvalue weighted by atomic mass is 10.2. The molecule has 29 heavy (non-hydrogen) atoms. The second kappa shape index (κ2) is 7.11. The maximum atomic E-state index is 13.2. The van der Waals surface area contributed by atoms with E-state index in [0.717, 1.165) is 17.7 Å². The first-order valence-corrected chi connectivity index (χ1v) is 9.66. The number of hydrogen-bond acceptors (Lipinski definition) is 5. The zero-order valence-electron chi connectivity index (χ0n) is 16.6. The van der Waals surface area contributed by atoms with E-state index < -0.39 is 5.69 Å². The number of benzene rings is 1. The van der Waals surface area contributed by atoms with Gasteiger partial charge in [0.15, 0.2) is 11.2 Å². The first-order chi connectivity index (χ1) is 13.8. The average molecular weight is 416 g/mol. The molecule has 1 aliphatic heterocycles. The number of fused-ring (bicyclic) bond motifs is 3. The molecule has 1 aliphatic rings. The van der Waals surface area contributed by atoms with E-state index >= 15 is 0 Å². The first kappa shape index (κ1) is 19.3. The molecule has 152 valence electrons. The molecule has 3 aromatic rings. The Morgan fingerprint density at radius 2 is 2.07 bits per heavy atom. The standard InChI is InChI=1S/C20H22ClN5O3/c1-12(2)11-26-18(27)16-17(23(3)20(26)28)22-19-24(8-5-9-25(16)19)14-10-13(21)6-7-15(14)29-4/h6-7,10H,1,5,8-9,11H2,2-4H3. The smallest absolute Gasteiger partial charge is 0.332 e. The molecule has 0 fully saturated rings. The normalized spacial score (nSPS) is 13.6. The summed E-state index contributed by atoms with van der Waals surface area (Å²) in [5.74, 6) is 1.25. The number of ether oxygens (including phenoxy) is 1. The molecule has 3 heterocycles. The SMILES string of the molecule is C=C(C)Cn1c(=O)c2c(nc3n2CCCN3c2cc(Cl)ccc2OC)n(C)c1=O. The first-order valence-electron chi connectivity index (χ1n) is 9.29. The number of aromatic nitrogens is 4. The van der Waals surface area contributed by atoms with Gasteiger partial charge in [0.05, 0.1) is 19.3 Å². The summed E-state index contributed by atoms with van der Waals surface area (Å²) in [5.41, 5.74) is 1.50. The highest BCUT2D eigenvalue weighted by molar-refractivity contribution is 6.31. The van der Waals surface area contributed by atoms with Gasteiger partial charge in [-0.25, -0.2) is 4.79 Å².